The smallest absolute Gasteiger partial charge is 0.219 e. The SMILES string of the molecule is Cc1cc(CS(=O)(=O)N2C[C@H]3CCC(N)C[C@H]3C2)no1. The van der Waals surface area contributed by atoms with Crippen LogP contribution in [0.1, 0.15) is 30.7 Å². The molecule has 1 aliphatic carbocycles. The van der Waals surface area contributed by atoms with E-state index in [4.69, 9.17) is 10.3 Å². The maximum absolute atomic E-state index is 12.4. The molecule has 1 unspecified atom stereocenters. The maximum Gasteiger partial charge on any atom is 0.219 e. The highest BCUT2D eigenvalue weighted by atomic mass is 32.2. The molecule has 1 aromatic rings. The molecule has 3 atom stereocenters. The maximum atomic E-state index is 12.4. The Kier molecular flexibility index (Phi) is 3.60. The molecule has 2 N–H and O–H groups in total. The standard InChI is InChI=1S/C13H21N3O3S/c1-9-4-13(15-19-9)8-20(17,18)16-6-10-2-3-12(14)5-11(10)7-16/h4,10-12H,2-3,5-8,14H2,1H3/t10-,11+,12?/m1/s1. The normalized spacial score (nSPS) is 31.4. The van der Waals surface area contributed by atoms with Crippen LogP contribution in [0, 0.1) is 18.8 Å². The number of nitrogens with two attached hydrogens (primary N) is 1. The van der Waals surface area contributed by atoms with Gasteiger partial charge in [-0.2, -0.15) is 0 Å². The predicted octanol–water partition coefficient (Wildman–Crippen LogP) is 0.872. The lowest BCUT2D eigenvalue weighted by Crippen LogP contribution is -2.32. The molecule has 0 spiro atoms. The highest BCUT2D eigenvalue weighted by molar-refractivity contribution is 7.88. The van der Waals surface area contributed by atoms with Crippen LogP contribution in [0.25, 0.3) is 0 Å². The zero-order valence-corrected chi connectivity index (χ0v) is 12.5. The van der Waals surface area contributed by atoms with Crippen molar-refractivity contribution in [2.75, 3.05) is 13.1 Å². The molecule has 6 nitrogen and oxygen atoms in total. The van der Waals surface area contributed by atoms with Gasteiger partial charge in [0, 0.05) is 25.2 Å². The van der Waals surface area contributed by atoms with Gasteiger partial charge in [-0.1, -0.05) is 5.16 Å². The topological polar surface area (TPSA) is 89.4 Å². The number of fused-ring (bicyclic) bond motifs is 1. The zero-order chi connectivity index (χ0) is 14.3. The van der Waals surface area contributed by atoms with E-state index in [0.717, 1.165) is 19.3 Å². The molecule has 2 aliphatic rings. The van der Waals surface area contributed by atoms with Gasteiger partial charge in [0.05, 0.1) is 0 Å². The van der Waals surface area contributed by atoms with E-state index in [0.29, 0.717) is 36.4 Å². The van der Waals surface area contributed by atoms with Gasteiger partial charge >= 0.3 is 0 Å². The summed E-state index contributed by atoms with van der Waals surface area (Å²) in [5.41, 5.74) is 6.46. The monoisotopic (exact) mass is 299 g/mol. The molecule has 7 heteroatoms. The first-order chi connectivity index (χ1) is 9.44. The summed E-state index contributed by atoms with van der Waals surface area (Å²) < 4.78 is 31.4. The first kappa shape index (κ1) is 14.0. The Hall–Kier alpha value is -0.920. The Morgan fingerprint density at radius 1 is 1.40 bits per heavy atom. The van der Waals surface area contributed by atoms with Crippen LogP contribution in [0.2, 0.25) is 0 Å². The summed E-state index contributed by atoms with van der Waals surface area (Å²) in [7, 11) is -3.31. The first-order valence-corrected chi connectivity index (χ1v) is 8.70. The lowest BCUT2D eigenvalue weighted by molar-refractivity contribution is 0.271. The summed E-state index contributed by atoms with van der Waals surface area (Å²) >= 11 is 0. The summed E-state index contributed by atoms with van der Waals surface area (Å²) in [6.45, 7) is 3.00. The fraction of sp³-hybridized carbons (Fsp3) is 0.769. The van der Waals surface area contributed by atoms with E-state index in [-0.39, 0.29) is 11.8 Å². The van der Waals surface area contributed by atoms with E-state index in [1.54, 1.807) is 17.3 Å². The lowest BCUT2D eigenvalue weighted by Gasteiger charge is -2.28. The fourth-order valence-corrected chi connectivity index (χ4v) is 4.95. The van der Waals surface area contributed by atoms with Gasteiger partial charge in [0.2, 0.25) is 10.0 Å². The average molecular weight is 299 g/mol. The number of hydrogen-bond donors (Lipinski definition) is 1. The summed E-state index contributed by atoms with van der Waals surface area (Å²) in [5, 5.41) is 3.77. The Morgan fingerprint density at radius 3 is 2.85 bits per heavy atom. The molecule has 112 valence electrons. The third kappa shape index (κ3) is 2.75. The van der Waals surface area contributed by atoms with Crippen LogP contribution in [-0.2, 0) is 15.8 Å². The van der Waals surface area contributed by atoms with Gasteiger partial charge in [-0.05, 0) is 38.0 Å². The highest BCUT2D eigenvalue weighted by Crippen LogP contribution is 2.37. The molecule has 0 amide bonds. The van der Waals surface area contributed by atoms with E-state index in [2.05, 4.69) is 5.16 Å². The van der Waals surface area contributed by atoms with Crippen LogP contribution in [0.15, 0.2) is 10.6 Å². The van der Waals surface area contributed by atoms with Crippen LogP contribution in [-0.4, -0.2) is 37.0 Å². The number of hydrogen-bond acceptors (Lipinski definition) is 5. The van der Waals surface area contributed by atoms with Crippen molar-refractivity contribution in [3.63, 3.8) is 0 Å². The van der Waals surface area contributed by atoms with Gasteiger partial charge < -0.3 is 10.3 Å². The average Bonchev–Trinajstić information content (AvgIpc) is 2.95. The van der Waals surface area contributed by atoms with E-state index < -0.39 is 10.0 Å². The van der Waals surface area contributed by atoms with Crippen LogP contribution >= 0.6 is 0 Å². The summed E-state index contributed by atoms with van der Waals surface area (Å²) in [6, 6.07) is 1.91. The summed E-state index contributed by atoms with van der Waals surface area (Å²) in [4.78, 5) is 0. The molecule has 0 radical (unpaired) electrons. The van der Waals surface area contributed by atoms with Gasteiger partial charge in [0.25, 0.3) is 0 Å². The molecule has 1 saturated carbocycles. The molecular formula is C13H21N3O3S. The summed E-state index contributed by atoms with van der Waals surface area (Å²) in [5.74, 6) is 1.46. The minimum absolute atomic E-state index is 0.0736. The second kappa shape index (κ2) is 5.13. The van der Waals surface area contributed by atoms with E-state index in [1.165, 1.54) is 0 Å². The van der Waals surface area contributed by atoms with Gasteiger partial charge in [-0.25, -0.2) is 12.7 Å². The van der Waals surface area contributed by atoms with Crippen molar-refractivity contribution in [2.24, 2.45) is 17.6 Å². The molecule has 1 aromatic heterocycles. The minimum atomic E-state index is -3.31. The number of rotatable bonds is 3. The van der Waals surface area contributed by atoms with Crippen molar-refractivity contribution in [3.05, 3.63) is 17.5 Å². The minimum Gasteiger partial charge on any atom is -0.361 e. The summed E-state index contributed by atoms with van der Waals surface area (Å²) in [6.07, 6.45) is 3.00. The van der Waals surface area contributed by atoms with Crippen LogP contribution in [0.3, 0.4) is 0 Å². The lowest BCUT2D eigenvalue weighted by atomic mass is 9.79. The van der Waals surface area contributed by atoms with E-state index in [1.807, 2.05) is 0 Å². The largest absolute Gasteiger partial charge is 0.361 e. The van der Waals surface area contributed by atoms with Crippen LogP contribution in [0.5, 0.6) is 0 Å². The third-order valence-electron chi connectivity index (χ3n) is 4.46. The Morgan fingerprint density at radius 2 is 2.15 bits per heavy atom. The molecule has 0 aromatic carbocycles. The van der Waals surface area contributed by atoms with E-state index in [9.17, 15) is 8.42 Å². The predicted molar refractivity (Wildman–Crippen MR) is 74.2 cm³/mol. The fourth-order valence-electron chi connectivity index (χ4n) is 3.42. The van der Waals surface area contributed by atoms with Crippen LogP contribution < -0.4 is 5.73 Å². The number of aromatic nitrogens is 1. The molecule has 20 heavy (non-hydrogen) atoms. The second-order valence-electron chi connectivity index (χ2n) is 6.10. The Bertz CT molecular complexity index is 583. The molecule has 2 heterocycles. The molecule has 3 rings (SSSR count). The number of sulfonamides is 1. The van der Waals surface area contributed by atoms with Gasteiger partial charge in [-0.3, -0.25) is 0 Å². The zero-order valence-electron chi connectivity index (χ0n) is 11.7. The van der Waals surface area contributed by atoms with Crippen molar-refractivity contribution in [1.82, 2.24) is 9.46 Å². The van der Waals surface area contributed by atoms with Gasteiger partial charge in [0.1, 0.15) is 17.2 Å². The molecule has 1 saturated heterocycles. The molecule has 1 aliphatic heterocycles. The van der Waals surface area contributed by atoms with Crippen LogP contribution in [0.4, 0.5) is 0 Å². The van der Waals surface area contributed by atoms with Crippen molar-refractivity contribution in [3.8, 4) is 0 Å². The molecular weight excluding hydrogens is 278 g/mol. The van der Waals surface area contributed by atoms with Gasteiger partial charge in [0.15, 0.2) is 0 Å². The Labute approximate surface area is 119 Å². The molecule has 0 bridgehead atoms. The van der Waals surface area contributed by atoms with Crippen molar-refractivity contribution in [2.45, 2.75) is 38.0 Å². The highest BCUT2D eigenvalue weighted by Gasteiger charge is 2.41. The van der Waals surface area contributed by atoms with Gasteiger partial charge in [-0.15, -0.1) is 0 Å². The number of nitrogens with zero attached hydrogens (tertiary/aromatic N) is 2. The second-order valence-corrected chi connectivity index (χ2v) is 8.06. The van der Waals surface area contributed by atoms with Crippen molar-refractivity contribution >= 4 is 10.0 Å². The van der Waals surface area contributed by atoms with E-state index >= 15 is 0 Å². The Balaban J connectivity index is 1.70. The van der Waals surface area contributed by atoms with Crippen molar-refractivity contribution < 1.29 is 12.9 Å². The quantitative estimate of drug-likeness (QED) is 0.894. The first-order valence-electron chi connectivity index (χ1n) is 7.09. The third-order valence-corrected chi connectivity index (χ3v) is 6.20. The van der Waals surface area contributed by atoms with Crippen molar-refractivity contribution in [1.29, 1.82) is 0 Å². The number of aryl methyl sites for hydroxylation is 1. The molecule has 2 fully saturated rings.